The minimum absolute atomic E-state index is 0.0773. The highest BCUT2D eigenvalue weighted by Gasteiger charge is 2.17. The largest absolute Gasteiger partial charge is 0.456 e. The molecule has 2 N–H and O–H groups in total. The van der Waals surface area contributed by atoms with Crippen LogP contribution in [-0.2, 0) is 4.79 Å². The second kappa shape index (κ2) is 7.74. The molecule has 6 heteroatoms. The Morgan fingerprint density at radius 1 is 1.00 bits per heavy atom. The van der Waals surface area contributed by atoms with Crippen LogP contribution in [0.2, 0.25) is 0 Å². The van der Waals surface area contributed by atoms with Crippen LogP contribution in [0.4, 0.5) is 11.4 Å². The molecule has 0 fully saturated rings. The molecule has 0 radical (unpaired) electrons. The number of nitrogens with zero attached hydrogens (tertiary/aromatic N) is 1. The van der Waals surface area contributed by atoms with E-state index in [1.54, 1.807) is 43.3 Å². The molecular formula is C20H21N3O3. The first kappa shape index (κ1) is 17.5. The summed E-state index contributed by atoms with van der Waals surface area (Å²) in [5, 5.41) is 5.66. The number of hydrogen-bond acceptors (Lipinski definition) is 3. The number of amides is 2. The first-order valence-corrected chi connectivity index (χ1v) is 8.48. The van der Waals surface area contributed by atoms with Gasteiger partial charge in [0, 0.05) is 23.8 Å². The molecule has 0 spiro atoms. The molecule has 3 rings (SSSR count). The van der Waals surface area contributed by atoms with Crippen LogP contribution in [0.1, 0.15) is 35.7 Å². The van der Waals surface area contributed by atoms with Crippen molar-refractivity contribution >= 4 is 23.2 Å². The fraction of sp³-hybridized carbons (Fsp3) is 0.200. The molecule has 0 saturated heterocycles. The van der Waals surface area contributed by atoms with Crippen molar-refractivity contribution in [3.8, 4) is 0 Å². The van der Waals surface area contributed by atoms with Gasteiger partial charge in [0.15, 0.2) is 5.76 Å². The molecular weight excluding hydrogens is 330 g/mol. The highest BCUT2D eigenvalue weighted by Crippen LogP contribution is 2.18. The predicted octanol–water partition coefficient (Wildman–Crippen LogP) is 4.23. The van der Waals surface area contributed by atoms with E-state index in [-0.39, 0.29) is 23.6 Å². The van der Waals surface area contributed by atoms with Crippen LogP contribution in [0.5, 0.6) is 0 Å². The Balaban J connectivity index is 1.62. The zero-order valence-electron chi connectivity index (χ0n) is 14.7. The number of carbonyl (C=O) groups is 2. The average Bonchev–Trinajstić information content (AvgIpc) is 3.29. The standard InChI is InChI=1S/C20H21N3O3/c1-3-17(23-12-4-5-13-23)19(24)21-15-7-9-16(10-8-15)22-20(25)18-11-6-14(2)26-18/h4-13,17H,3H2,1-2H3,(H,21,24)(H,22,25)/t17-/m0/s1. The zero-order chi connectivity index (χ0) is 18.5. The van der Waals surface area contributed by atoms with Gasteiger partial charge >= 0.3 is 0 Å². The molecule has 1 atom stereocenters. The van der Waals surface area contributed by atoms with E-state index in [2.05, 4.69) is 10.6 Å². The lowest BCUT2D eigenvalue weighted by Gasteiger charge is -2.17. The summed E-state index contributed by atoms with van der Waals surface area (Å²) in [6.45, 7) is 3.75. The number of furan rings is 1. The molecule has 134 valence electrons. The summed E-state index contributed by atoms with van der Waals surface area (Å²) >= 11 is 0. The molecule has 2 heterocycles. The minimum atomic E-state index is -0.312. The Kier molecular flexibility index (Phi) is 5.22. The Hall–Kier alpha value is -3.28. The number of nitrogens with one attached hydrogen (secondary N) is 2. The third kappa shape index (κ3) is 4.03. The number of benzene rings is 1. The van der Waals surface area contributed by atoms with Gasteiger partial charge in [0.05, 0.1) is 0 Å². The van der Waals surface area contributed by atoms with E-state index >= 15 is 0 Å². The third-order valence-electron chi connectivity index (χ3n) is 4.05. The summed E-state index contributed by atoms with van der Waals surface area (Å²) in [6, 6.07) is 13.9. The maximum Gasteiger partial charge on any atom is 0.291 e. The van der Waals surface area contributed by atoms with Gasteiger partial charge in [-0.2, -0.15) is 0 Å². The van der Waals surface area contributed by atoms with E-state index in [4.69, 9.17) is 4.42 Å². The normalized spacial score (nSPS) is 11.8. The fourth-order valence-electron chi connectivity index (χ4n) is 2.70. The molecule has 6 nitrogen and oxygen atoms in total. The van der Waals surface area contributed by atoms with Gasteiger partial charge in [-0.25, -0.2) is 0 Å². The van der Waals surface area contributed by atoms with Gasteiger partial charge in [0.2, 0.25) is 5.91 Å². The molecule has 0 aliphatic rings. The van der Waals surface area contributed by atoms with Gasteiger partial charge in [-0.05, 0) is 61.9 Å². The molecule has 2 amide bonds. The lowest BCUT2D eigenvalue weighted by molar-refractivity contribution is -0.119. The van der Waals surface area contributed by atoms with Gasteiger partial charge in [0.25, 0.3) is 5.91 Å². The summed E-state index contributed by atoms with van der Waals surface area (Å²) in [6.07, 6.45) is 4.45. The highest BCUT2D eigenvalue weighted by atomic mass is 16.3. The summed E-state index contributed by atoms with van der Waals surface area (Å²) in [4.78, 5) is 24.6. The number of aromatic nitrogens is 1. The second-order valence-electron chi connectivity index (χ2n) is 5.99. The molecule has 2 aromatic heterocycles. The van der Waals surface area contributed by atoms with E-state index in [9.17, 15) is 9.59 Å². The van der Waals surface area contributed by atoms with Crippen LogP contribution in [0.3, 0.4) is 0 Å². The van der Waals surface area contributed by atoms with Crippen LogP contribution in [0, 0.1) is 6.92 Å². The third-order valence-corrected chi connectivity index (χ3v) is 4.05. The van der Waals surface area contributed by atoms with Gasteiger partial charge in [-0.3, -0.25) is 9.59 Å². The Bertz CT molecular complexity index is 879. The average molecular weight is 351 g/mol. The number of carbonyl (C=O) groups excluding carboxylic acids is 2. The van der Waals surface area contributed by atoms with Gasteiger partial charge in [-0.1, -0.05) is 6.92 Å². The van der Waals surface area contributed by atoms with Crippen molar-refractivity contribution in [3.63, 3.8) is 0 Å². The Morgan fingerprint density at radius 2 is 1.62 bits per heavy atom. The molecule has 26 heavy (non-hydrogen) atoms. The monoisotopic (exact) mass is 351 g/mol. The quantitative estimate of drug-likeness (QED) is 0.698. The van der Waals surface area contributed by atoms with Gasteiger partial charge in [-0.15, -0.1) is 0 Å². The number of hydrogen-bond donors (Lipinski definition) is 2. The van der Waals surface area contributed by atoms with E-state index in [1.165, 1.54) is 0 Å². The molecule has 0 aliphatic heterocycles. The molecule has 0 bridgehead atoms. The molecule has 0 aliphatic carbocycles. The topological polar surface area (TPSA) is 76.3 Å². The van der Waals surface area contributed by atoms with E-state index in [0.29, 0.717) is 23.6 Å². The van der Waals surface area contributed by atoms with Crippen LogP contribution < -0.4 is 10.6 Å². The fourth-order valence-corrected chi connectivity index (χ4v) is 2.70. The van der Waals surface area contributed by atoms with Crippen LogP contribution in [-0.4, -0.2) is 16.4 Å². The van der Waals surface area contributed by atoms with Gasteiger partial charge in [0.1, 0.15) is 11.8 Å². The number of aryl methyl sites for hydroxylation is 1. The van der Waals surface area contributed by atoms with Crippen LogP contribution in [0.15, 0.2) is 65.3 Å². The first-order valence-electron chi connectivity index (χ1n) is 8.48. The maximum absolute atomic E-state index is 12.5. The smallest absolute Gasteiger partial charge is 0.291 e. The van der Waals surface area contributed by atoms with E-state index in [0.717, 1.165) is 0 Å². The van der Waals surface area contributed by atoms with Crippen molar-refractivity contribution in [2.45, 2.75) is 26.3 Å². The summed E-state index contributed by atoms with van der Waals surface area (Å²) < 4.78 is 7.18. The van der Waals surface area contributed by atoms with Crippen LogP contribution >= 0.6 is 0 Å². The van der Waals surface area contributed by atoms with Gasteiger partial charge < -0.3 is 19.6 Å². The molecule has 3 aromatic rings. The first-order chi connectivity index (χ1) is 12.6. The predicted molar refractivity (Wildman–Crippen MR) is 100 cm³/mol. The molecule has 1 aromatic carbocycles. The maximum atomic E-state index is 12.5. The summed E-state index contributed by atoms with van der Waals surface area (Å²) in [5.74, 6) is 0.554. The van der Waals surface area contributed by atoms with E-state index < -0.39 is 0 Å². The Labute approximate surface area is 151 Å². The van der Waals surface area contributed by atoms with Crippen molar-refractivity contribution < 1.29 is 14.0 Å². The zero-order valence-corrected chi connectivity index (χ0v) is 14.7. The van der Waals surface area contributed by atoms with Crippen molar-refractivity contribution in [2.24, 2.45) is 0 Å². The van der Waals surface area contributed by atoms with Crippen molar-refractivity contribution in [3.05, 3.63) is 72.4 Å². The second-order valence-corrected chi connectivity index (χ2v) is 5.99. The van der Waals surface area contributed by atoms with Crippen molar-refractivity contribution in [2.75, 3.05) is 10.6 Å². The SMILES string of the molecule is CC[C@@H](C(=O)Nc1ccc(NC(=O)c2ccc(C)o2)cc1)n1cccc1. The van der Waals surface area contributed by atoms with Crippen molar-refractivity contribution in [1.82, 2.24) is 4.57 Å². The number of anilines is 2. The highest BCUT2D eigenvalue weighted by molar-refractivity contribution is 6.02. The summed E-state index contributed by atoms with van der Waals surface area (Å²) in [5.41, 5.74) is 1.30. The van der Waals surface area contributed by atoms with Crippen LogP contribution in [0.25, 0.3) is 0 Å². The number of rotatable bonds is 6. The summed E-state index contributed by atoms with van der Waals surface area (Å²) in [7, 11) is 0. The van der Waals surface area contributed by atoms with E-state index in [1.807, 2.05) is 36.0 Å². The lowest BCUT2D eigenvalue weighted by atomic mass is 10.2. The minimum Gasteiger partial charge on any atom is -0.456 e. The molecule has 0 unspecified atom stereocenters. The van der Waals surface area contributed by atoms with Crippen molar-refractivity contribution in [1.29, 1.82) is 0 Å². The lowest BCUT2D eigenvalue weighted by Crippen LogP contribution is -2.24. The molecule has 0 saturated carbocycles. The Morgan fingerprint density at radius 3 is 2.15 bits per heavy atom.